The largest absolute Gasteiger partial charge is 0.508 e. The molecule has 7 rings (SSSR count). The van der Waals surface area contributed by atoms with E-state index < -0.39 is 8.07 Å². The van der Waals surface area contributed by atoms with Gasteiger partial charge in [0.15, 0.2) is 24.0 Å². The van der Waals surface area contributed by atoms with Gasteiger partial charge in [-0.2, -0.15) is 9.13 Å². The Morgan fingerprint density at radius 3 is 2.49 bits per heavy atom. The van der Waals surface area contributed by atoms with Crippen LogP contribution in [0.3, 0.4) is 0 Å². The van der Waals surface area contributed by atoms with Crippen molar-refractivity contribution in [2.45, 2.75) is 95.9 Å². The molecule has 0 saturated heterocycles. The standard InChI is InChI=1S/C39H47N2OSi/c1-8-32-38-37(39(32)23-26(3)36(27(4)42)34-20-25(2)18-19-41(34)39)31-17-13-12-16-30(31)33-22-29(21-28-14-10-9-11-15-28)35(24-40(33)38)43(5,6)7/h8,12-13,16-20,22,24,28,32,37-38H,1,4,9-11,14-15,21,23H2,2-3,5-7H3/q+1/p+1. The van der Waals surface area contributed by atoms with E-state index in [1.165, 1.54) is 66.5 Å². The first-order chi connectivity index (χ1) is 20.6. The zero-order chi connectivity index (χ0) is 30.3. The van der Waals surface area contributed by atoms with E-state index in [1.807, 2.05) is 0 Å². The number of aliphatic hydroxyl groups excluding tert-OH is 1. The van der Waals surface area contributed by atoms with Crippen molar-refractivity contribution in [1.29, 1.82) is 0 Å². The van der Waals surface area contributed by atoms with Crippen LogP contribution in [0.15, 0.2) is 85.4 Å². The zero-order valence-corrected chi connectivity index (χ0v) is 27.8. The van der Waals surface area contributed by atoms with E-state index in [-0.39, 0.29) is 23.1 Å². The van der Waals surface area contributed by atoms with Gasteiger partial charge >= 0.3 is 0 Å². The Balaban J connectivity index is 1.45. The molecule has 222 valence electrons. The number of nitrogens with zero attached hydrogens (tertiary/aromatic N) is 2. The Morgan fingerprint density at radius 2 is 1.79 bits per heavy atom. The molecule has 3 aromatic rings. The van der Waals surface area contributed by atoms with Gasteiger partial charge in [-0.15, -0.1) is 6.58 Å². The lowest BCUT2D eigenvalue weighted by atomic mass is 9.48. The number of aromatic nitrogens is 2. The molecule has 4 heteroatoms. The molecule has 4 atom stereocenters. The summed E-state index contributed by atoms with van der Waals surface area (Å²) >= 11 is 0. The first-order valence-corrected chi connectivity index (χ1v) is 20.0. The molecule has 43 heavy (non-hydrogen) atoms. The van der Waals surface area contributed by atoms with E-state index >= 15 is 0 Å². The predicted molar refractivity (Wildman–Crippen MR) is 179 cm³/mol. The molecule has 2 aliphatic heterocycles. The number of hydrogen-bond donors (Lipinski definition) is 1. The van der Waals surface area contributed by atoms with Gasteiger partial charge in [0.05, 0.1) is 19.2 Å². The minimum atomic E-state index is -1.61. The highest BCUT2D eigenvalue weighted by Gasteiger charge is 2.75. The van der Waals surface area contributed by atoms with E-state index in [1.54, 1.807) is 10.8 Å². The lowest BCUT2D eigenvalue weighted by molar-refractivity contribution is -0.843. The van der Waals surface area contributed by atoms with Crippen LogP contribution >= 0.6 is 0 Å². The van der Waals surface area contributed by atoms with Crippen molar-refractivity contribution in [2.24, 2.45) is 11.8 Å². The Hall–Kier alpha value is -3.24. The highest BCUT2D eigenvalue weighted by Crippen LogP contribution is 2.65. The molecule has 0 radical (unpaired) electrons. The van der Waals surface area contributed by atoms with Crippen LogP contribution in [-0.2, 0) is 12.0 Å². The molecule has 2 aliphatic carbocycles. The van der Waals surface area contributed by atoms with Crippen molar-refractivity contribution in [3.8, 4) is 11.3 Å². The van der Waals surface area contributed by atoms with Gasteiger partial charge in [0.25, 0.3) is 0 Å². The van der Waals surface area contributed by atoms with Crippen LogP contribution < -0.4 is 14.3 Å². The molecule has 0 amide bonds. The van der Waals surface area contributed by atoms with E-state index in [9.17, 15) is 5.11 Å². The maximum atomic E-state index is 10.8. The van der Waals surface area contributed by atoms with E-state index in [2.05, 4.69) is 117 Å². The molecule has 4 heterocycles. The van der Waals surface area contributed by atoms with Gasteiger partial charge in [0, 0.05) is 29.8 Å². The van der Waals surface area contributed by atoms with Crippen molar-refractivity contribution in [3.05, 3.63) is 108 Å². The molecule has 2 fully saturated rings. The van der Waals surface area contributed by atoms with Gasteiger partial charge < -0.3 is 5.11 Å². The molecule has 0 bridgehead atoms. The summed E-state index contributed by atoms with van der Waals surface area (Å²) in [6.07, 6.45) is 16.1. The molecule has 1 N–H and O–H groups in total. The van der Waals surface area contributed by atoms with Crippen molar-refractivity contribution in [1.82, 2.24) is 0 Å². The lowest BCUT2D eigenvalue weighted by Gasteiger charge is -2.56. The van der Waals surface area contributed by atoms with Gasteiger partial charge in [0.1, 0.15) is 17.6 Å². The van der Waals surface area contributed by atoms with Gasteiger partial charge in [-0.25, -0.2) is 0 Å². The molecular weight excluding hydrogens is 541 g/mol. The van der Waals surface area contributed by atoms with Crippen LogP contribution in [-0.4, -0.2) is 13.2 Å². The molecular formula is C39H48N2OSi+2. The number of rotatable bonds is 5. The number of hydrogen-bond acceptors (Lipinski definition) is 1. The summed E-state index contributed by atoms with van der Waals surface area (Å²) in [6.45, 7) is 20.4. The van der Waals surface area contributed by atoms with E-state index in [0.717, 1.165) is 23.6 Å². The number of allylic oxidation sites excluding steroid dienone is 3. The number of aryl methyl sites for hydroxylation is 1. The van der Waals surface area contributed by atoms with Gasteiger partial charge in [-0.05, 0) is 54.5 Å². The molecule has 2 saturated carbocycles. The topological polar surface area (TPSA) is 28.0 Å². The highest BCUT2D eigenvalue weighted by atomic mass is 28.3. The van der Waals surface area contributed by atoms with Crippen LogP contribution in [0.2, 0.25) is 19.6 Å². The Labute approximate surface area is 259 Å². The first kappa shape index (κ1) is 28.5. The SMILES string of the molecule is C=CC1C2C(c3ccccc3-c3cc(CC4CCCCC4)c([Si](C)(C)C)c[n+]32)C12CC(C)=C(C(=C)O)c1cc(C)cc[n+]12. The first-order valence-electron chi connectivity index (χ1n) is 16.5. The molecule has 1 spiro atoms. The summed E-state index contributed by atoms with van der Waals surface area (Å²) in [5.41, 5.74) is 9.99. The highest BCUT2D eigenvalue weighted by molar-refractivity contribution is 6.89. The quantitative estimate of drug-likeness (QED) is 0.139. The minimum Gasteiger partial charge on any atom is -0.508 e. The second-order valence-corrected chi connectivity index (χ2v) is 20.0. The molecule has 3 nitrogen and oxygen atoms in total. The summed E-state index contributed by atoms with van der Waals surface area (Å²) in [4.78, 5) is 0. The van der Waals surface area contributed by atoms with Gasteiger partial charge in [-0.3, -0.25) is 0 Å². The van der Waals surface area contributed by atoms with E-state index in [0.29, 0.717) is 6.04 Å². The van der Waals surface area contributed by atoms with E-state index in [4.69, 9.17) is 0 Å². The van der Waals surface area contributed by atoms with Crippen molar-refractivity contribution in [2.75, 3.05) is 0 Å². The summed E-state index contributed by atoms with van der Waals surface area (Å²) in [5.74, 6) is 1.50. The lowest BCUT2D eigenvalue weighted by Crippen LogP contribution is -2.79. The fraction of sp³-hybridized carbons (Fsp3) is 0.436. The second-order valence-electron chi connectivity index (χ2n) is 15.0. The maximum absolute atomic E-state index is 10.8. The Kier molecular flexibility index (Phi) is 6.74. The van der Waals surface area contributed by atoms with Crippen molar-refractivity contribution in [3.63, 3.8) is 0 Å². The Bertz CT molecular complexity index is 1690. The average molecular weight is 589 g/mol. The van der Waals surface area contributed by atoms with Crippen LogP contribution in [0.1, 0.15) is 79.8 Å². The van der Waals surface area contributed by atoms with Crippen LogP contribution in [0, 0.1) is 18.8 Å². The summed E-state index contributed by atoms with van der Waals surface area (Å²) in [6, 6.07) is 16.5. The van der Waals surface area contributed by atoms with Gasteiger partial charge in [-0.1, -0.05) is 82.6 Å². The van der Waals surface area contributed by atoms with Crippen LogP contribution in [0.25, 0.3) is 16.8 Å². The monoisotopic (exact) mass is 588 g/mol. The fourth-order valence-corrected chi connectivity index (χ4v) is 11.2. The molecule has 4 aliphatic rings. The molecule has 1 aromatic carbocycles. The molecule has 2 aromatic heterocycles. The minimum absolute atomic E-state index is 0.159. The van der Waals surface area contributed by atoms with Crippen molar-refractivity contribution >= 4 is 18.8 Å². The third-order valence-electron chi connectivity index (χ3n) is 11.3. The second kappa shape index (κ2) is 10.2. The third-order valence-corrected chi connectivity index (χ3v) is 13.4. The maximum Gasteiger partial charge on any atom is 0.216 e. The normalized spacial score (nSPS) is 26.2. The van der Waals surface area contributed by atoms with Gasteiger partial charge in [0.2, 0.25) is 11.4 Å². The van der Waals surface area contributed by atoms with Crippen LogP contribution in [0.5, 0.6) is 0 Å². The smallest absolute Gasteiger partial charge is 0.216 e. The van der Waals surface area contributed by atoms with Crippen LogP contribution in [0.4, 0.5) is 0 Å². The number of aliphatic hydroxyl groups is 1. The predicted octanol–water partition coefficient (Wildman–Crippen LogP) is 8.00. The number of fused-ring (bicyclic) bond motifs is 9. The number of pyridine rings is 2. The average Bonchev–Trinajstić information content (AvgIpc) is 2.96. The Morgan fingerprint density at radius 1 is 1.05 bits per heavy atom. The number of benzene rings is 1. The zero-order valence-electron chi connectivity index (χ0n) is 26.8. The summed E-state index contributed by atoms with van der Waals surface area (Å²) in [7, 11) is -1.61. The fourth-order valence-electron chi connectivity index (χ4n) is 9.55. The summed E-state index contributed by atoms with van der Waals surface area (Å²) < 4.78 is 5.16. The third kappa shape index (κ3) is 4.19. The molecule has 4 unspecified atom stereocenters. The summed E-state index contributed by atoms with van der Waals surface area (Å²) in [5, 5.41) is 12.4. The van der Waals surface area contributed by atoms with Crippen molar-refractivity contribution < 1.29 is 14.2 Å².